The summed E-state index contributed by atoms with van der Waals surface area (Å²) in [5.74, 6) is -1.20. The molecule has 6 nitrogen and oxygen atoms in total. The van der Waals surface area contributed by atoms with Crippen molar-refractivity contribution in [2.75, 3.05) is 12.3 Å². The van der Waals surface area contributed by atoms with Crippen LogP contribution in [0.3, 0.4) is 0 Å². The number of aliphatic carboxylic acids is 1. The highest BCUT2D eigenvalue weighted by Crippen LogP contribution is 2.29. The predicted octanol–water partition coefficient (Wildman–Crippen LogP) is -1.24. The van der Waals surface area contributed by atoms with Crippen LogP contribution in [0.1, 0.15) is 12.8 Å². The summed E-state index contributed by atoms with van der Waals surface area (Å²) in [5.41, 5.74) is 0. The lowest BCUT2D eigenvalue weighted by Crippen LogP contribution is -2.37. The minimum absolute atomic E-state index is 0.0271. The van der Waals surface area contributed by atoms with E-state index in [1.807, 2.05) is 0 Å². The van der Waals surface area contributed by atoms with E-state index in [4.69, 9.17) is 10.2 Å². The van der Waals surface area contributed by atoms with Crippen LogP contribution in [0.15, 0.2) is 0 Å². The standard InChI is InChI=1S/C7H13NO5S/c9-6(7(10)11)3-8-14(12,13)4-5-1-2-5/h5-6,8-9H,1-4H2,(H,10,11). The van der Waals surface area contributed by atoms with Crippen molar-refractivity contribution >= 4 is 16.0 Å². The molecular weight excluding hydrogens is 210 g/mol. The smallest absolute Gasteiger partial charge is 0.333 e. The molecule has 0 aliphatic heterocycles. The number of carbonyl (C=O) groups is 1. The minimum atomic E-state index is -3.42. The monoisotopic (exact) mass is 223 g/mol. The maximum atomic E-state index is 11.2. The van der Waals surface area contributed by atoms with E-state index in [1.165, 1.54) is 0 Å². The SMILES string of the molecule is O=C(O)C(O)CNS(=O)(=O)CC1CC1. The van der Waals surface area contributed by atoms with Gasteiger partial charge >= 0.3 is 5.97 Å². The van der Waals surface area contributed by atoms with Gasteiger partial charge in [0, 0.05) is 6.54 Å². The van der Waals surface area contributed by atoms with E-state index < -0.39 is 28.6 Å². The van der Waals surface area contributed by atoms with Crippen LogP contribution in [-0.2, 0) is 14.8 Å². The highest BCUT2D eigenvalue weighted by atomic mass is 32.2. The predicted molar refractivity (Wildman–Crippen MR) is 48.2 cm³/mol. The molecule has 1 fully saturated rings. The molecule has 1 unspecified atom stereocenters. The highest BCUT2D eigenvalue weighted by molar-refractivity contribution is 7.89. The van der Waals surface area contributed by atoms with Crippen LogP contribution in [0.2, 0.25) is 0 Å². The molecule has 82 valence electrons. The molecule has 0 radical (unpaired) electrons. The largest absolute Gasteiger partial charge is 0.479 e. The van der Waals surface area contributed by atoms with E-state index in [-0.39, 0.29) is 11.7 Å². The summed E-state index contributed by atoms with van der Waals surface area (Å²) in [4.78, 5) is 10.2. The third-order valence-corrected chi connectivity index (χ3v) is 3.45. The number of hydrogen-bond donors (Lipinski definition) is 3. The van der Waals surface area contributed by atoms with Crippen molar-refractivity contribution in [3.63, 3.8) is 0 Å². The van der Waals surface area contributed by atoms with E-state index in [1.54, 1.807) is 0 Å². The van der Waals surface area contributed by atoms with Gasteiger partial charge in [-0.25, -0.2) is 17.9 Å². The zero-order chi connectivity index (χ0) is 10.8. The first-order chi connectivity index (χ1) is 6.41. The number of carboxylic acids is 1. The van der Waals surface area contributed by atoms with Gasteiger partial charge in [0.2, 0.25) is 10.0 Å². The van der Waals surface area contributed by atoms with Crippen LogP contribution in [0.25, 0.3) is 0 Å². The molecule has 1 aliphatic rings. The van der Waals surface area contributed by atoms with Gasteiger partial charge in [0.05, 0.1) is 5.75 Å². The van der Waals surface area contributed by atoms with Gasteiger partial charge in [0.25, 0.3) is 0 Å². The van der Waals surface area contributed by atoms with Gasteiger partial charge in [-0.1, -0.05) is 0 Å². The summed E-state index contributed by atoms with van der Waals surface area (Å²) in [6.07, 6.45) is 0.133. The first-order valence-corrected chi connectivity index (χ1v) is 5.94. The van der Waals surface area contributed by atoms with Crippen molar-refractivity contribution in [2.45, 2.75) is 18.9 Å². The van der Waals surface area contributed by atoms with E-state index in [9.17, 15) is 13.2 Å². The summed E-state index contributed by atoms with van der Waals surface area (Å²) in [6.45, 7) is -0.468. The molecule has 3 N–H and O–H groups in total. The normalized spacial score (nSPS) is 19.2. The highest BCUT2D eigenvalue weighted by Gasteiger charge is 2.28. The third kappa shape index (κ3) is 4.03. The van der Waals surface area contributed by atoms with Crippen LogP contribution in [0, 0.1) is 5.92 Å². The summed E-state index contributed by atoms with van der Waals surface area (Å²) in [5, 5.41) is 17.1. The molecule has 14 heavy (non-hydrogen) atoms. The lowest BCUT2D eigenvalue weighted by atomic mass is 10.4. The van der Waals surface area contributed by atoms with Gasteiger partial charge in [-0.15, -0.1) is 0 Å². The molecule has 0 amide bonds. The average Bonchev–Trinajstić information content (AvgIpc) is 2.83. The number of nitrogens with one attached hydrogen (secondary N) is 1. The Bertz CT molecular complexity index is 308. The number of rotatable bonds is 6. The second-order valence-corrected chi connectivity index (χ2v) is 5.28. The maximum absolute atomic E-state index is 11.2. The van der Waals surface area contributed by atoms with Crippen molar-refractivity contribution < 1.29 is 23.4 Å². The Morgan fingerprint density at radius 3 is 2.50 bits per heavy atom. The van der Waals surface area contributed by atoms with E-state index in [0.717, 1.165) is 12.8 Å². The Morgan fingerprint density at radius 1 is 1.50 bits per heavy atom. The van der Waals surface area contributed by atoms with Crippen molar-refractivity contribution in [1.29, 1.82) is 0 Å². The quantitative estimate of drug-likeness (QED) is 0.522. The number of carboxylic acid groups (broad SMARTS) is 1. The molecule has 1 saturated carbocycles. The van der Waals surface area contributed by atoms with Gasteiger partial charge in [-0.05, 0) is 18.8 Å². The Morgan fingerprint density at radius 2 is 2.07 bits per heavy atom. The van der Waals surface area contributed by atoms with E-state index in [0.29, 0.717) is 0 Å². The molecule has 0 heterocycles. The number of aliphatic hydroxyl groups excluding tert-OH is 1. The Balaban J connectivity index is 2.31. The van der Waals surface area contributed by atoms with Crippen LogP contribution < -0.4 is 4.72 Å². The van der Waals surface area contributed by atoms with Crippen molar-refractivity contribution in [2.24, 2.45) is 5.92 Å². The summed E-state index contributed by atoms with van der Waals surface area (Å²) in [6, 6.07) is 0. The van der Waals surface area contributed by atoms with Gasteiger partial charge in [0.15, 0.2) is 6.10 Å². The maximum Gasteiger partial charge on any atom is 0.333 e. The van der Waals surface area contributed by atoms with Crippen molar-refractivity contribution in [3.05, 3.63) is 0 Å². The Hall–Kier alpha value is -0.660. The molecule has 0 bridgehead atoms. The first-order valence-electron chi connectivity index (χ1n) is 4.29. The Kier molecular flexibility index (Phi) is 3.46. The van der Waals surface area contributed by atoms with Gasteiger partial charge in [-0.2, -0.15) is 0 Å². The molecule has 1 rings (SSSR count). The second kappa shape index (κ2) is 4.24. The first kappa shape index (κ1) is 11.4. The van der Waals surface area contributed by atoms with Crippen LogP contribution in [-0.4, -0.2) is 43.0 Å². The molecule has 0 saturated heterocycles. The lowest BCUT2D eigenvalue weighted by Gasteiger charge is -2.07. The fourth-order valence-corrected chi connectivity index (χ4v) is 2.43. The van der Waals surface area contributed by atoms with E-state index >= 15 is 0 Å². The molecule has 1 aliphatic carbocycles. The van der Waals surface area contributed by atoms with Gasteiger partial charge in [0.1, 0.15) is 0 Å². The van der Waals surface area contributed by atoms with Crippen LogP contribution >= 0.6 is 0 Å². The zero-order valence-electron chi connectivity index (χ0n) is 7.51. The third-order valence-electron chi connectivity index (χ3n) is 1.93. The second-order valence-electron chi connectivity index (χ2n) is 3.43. The number of aliphatic hydroxyl groups is 1. The molecule has 0 aromatic heterocycles. The fourth-order valence-electron chi connectivity index (χ4n) is 0.947. The average molecular weight is 223 g/mol. The summed E-state index contributed by atoms with van der Waals surface area (Å²) < 4.78 is 24.4. The molecule has 7 heteroatoms. The number of sulfonamides is 1. The molecule has 1 atom stereocenters. The van der Waals surface area contributed by atoms with Crippen molar-refractivity contribution in [1.82, 2.24) is 4.72 Å². The van der Waals surface area contributed by atoms with Crippen LogP contribution in [0.5, 0.6) is 0 Å². The van der Waals surface area contributed by atoms with Crippen LogP contribution in [0.4, 0.5) is 0 Å². The van der Waals surface area contributed by atoms with Crippen molar-refractivity contribution in [3.8, 4) is 0 Å². The Labute approximate surface area is 82.0 Å². The zero-order valence-corrected chi connectivity index (χ0v) is 8.33. The molecule has 0 aromatic carbocycles. The summed E-state index contributed by atoms with van der Waals surface area (Å²) in [7, 11) is -3.42. The fraction of sp³-hybridized carbons (Fsp3) is 0.857. The lowest BCUT2D eigenvalue weighted by molar-refractivity contribution is -0.146. The molecular formula is C7H13NO5S. The topological polar surface area (TPSA) is 104 Å². The summed E-state index contributed by atoms with van der Waals surface area (Å²) >= 11 is 0. The number of hydrogen-bond acceptors (Lipinski definition) is 4. The van der Waals surface area contributed by atoms with E-state index in [2.05, 4.69) is 4.72 Å². The van der Waals surface area contributed by atoms with Gasteiger partial charge < -0.3 is 10.2 Å². The molecule has 0 aromatic rings. The molecule has 0 spiro atoms. The van der Waals surface area contributed by atoms with Gasteiger partial charge in [-0.3, -0.25) is 0 Å². The minimum Gasteiger partial charge on any atom is -0.479 e.